The zero-order valence-electron chi connectivity index (χ0n) is 20.5. The molecular weight excluding hydrogens is 563 g/mol. The molecule has 1 N–H and O–H groups in total. The van der Waals surface area contributed by atoms with Crippen molar-refractivity contribution in [2.75, 3.05) is 0 Å². The molecule has 0 bridgehead atoms. The van der Waals surface area contributed by atoms with Gasteiger partial charge in [-0.2, -0.15) is 18.2 Å². The first-order chi connectivity index (χ1) is 13.6. The van der Waals surface area contributed by atoms with Gasteiger partial charge < -0.3 is 10.1 Å². The smallest absolute Gasteiger partial charge is 0.164 e. The second-order valence-corrected chi connectivity index (χ2v) is 10.7. The van der Waals surface area contributed by atoms with Gasteiger partial charge in [-0.05, 0) is 23.1 Å². The summed E-state index contributed by atoms with van der Waals surface area (Å²) in [5.74, 6) is 0.104. The topological polar surface area (TPSA) is 50.2 Å². The quantitative estimate of drug-likeness (QED) is 0.223. The standard InChI is InChI=1S/C16H18N.C11H20O2.Ir/c1-16(2,3)14-10-11-15(17-12-14)13-8-6-4-5-7-9-13;1-10(2,3)8(12)7-9(13)11(4,5)6;/h4-7,10-12H,8H2,1-3H3;7,12H,1-6H3;/q-1;;/b;8-7-;. The van der Waals surface area contributed by atoms with E-state index in [4.69, 9.17) is 0 Å². The van der Waals surface area contributed by atoms with Gasteiger partial charge in [0.05, 0.1) is 0 Å². The molecule has 4 heteroatoms. The van der Waals surface area contributed by atoms with Crippen LogP contribution in [0.3, 0.4) is 0 Å². The molecule has 0 fully saturated rings. The Morgan fingerprint density at radius 1 is 1.00 bits per heavy atom. The maximum Gasteiger partial charge on any atom is 0.164 e. The van der Waals surface area contributed by atoms with Crippen molar-refractivity contribution < 1.29 is 30.0 Å². The van der Waals surface area contributed by atoms with Crippen molar-refractivity contribution in [1.82, 2.24) is 4.98 Å². The Morgan fingerprint density at radius 2 is 1.61 bits per heavy atom. The number of aromatic nitrogens is 1. The molecule has 0 amide bonds. The monoisotopic (exact) mass is 601 g/mol. The van der Waals surface area contributed by atoms with Crippen molar-refractivity contribution in [1.29, 1.82) is 0 Å². The molecule has 0 saturated carbocycles. The maximum absolute atomic E-state index is 11.5. The van der Waals surface area contributed by atoms with Crippen LogP contribution < -0.4 is 0 Å². The van der Waals surface area contributed by atoms with Gasteiger partial charge in [0.25, 0.3) is 0 Å². The summed E-state index contributed by atoms with van der Waals surface area (Å²) in [6.07, 6.45) is 15.6. The van der Waals surface area contributed by atoms with Crippen molar-refractivity contribution in [3.63, 3.8) is 0 Å². The van der Waals surface area contributed by atoms with E-state index in [1.807, 2.05) is 66.0 Å². The number of allylic oxidation sites excluding steroid dienone is 8. The average Bonchev–Trinajstić information content (AvgIpc) is 2.89. The van der Waals surface area contributed by atoms with Crippen molar-refractivity contribution >= 4 is 11.4 Å². The van der Waals surface area contributed by atoms with Gasteiger partial charge in [-0.25, -0.2) is 0 Å². The minimum absolute atomic E-state index is 0. The van der Waals surface area contributed by atoms with Crippen LogP contribution in [-0.2, 0) is 30.3 Å². The van der Waals surface area contributed by atoms with Crippen molar-refractivity contribution in [3.8, 4) is 0 Å². The predicted octanol–water partition coefficient (Wildman–Crippen LogP) is 7.17. The third-order valence-electron chi connectivity index (χ3n) is 4.64. The van der Waals surface area contributed by atoms with E-state index in [1.54, 1.807) is 0 Å². The summed E-state index contributed by atoms with van der Waals surface area (Å²) in [7, 11) is 0. The second kappa shape index (κ2) is 11.7. The normalized spacial score (nSPS) is 14.6. The van der Waals surface area contributed by atoms with E-state index >= 15 is 0 Å². The van der Waals surface area contributed by atoms with Crippen molar-refractivity contribution in [2.24, 2.45) is 10.8 Å². The van der Waals surface area contributed by atoms with Crippen LogP contribution in [0.25, 0.3) is 5.57 Å². The number of hydrogen-bond donors (Lipinski definition) is 1. The first kappa shape index (κ1) is 29.2. The number of carbonyl (C=O) groups excluding carboxylic acids is 1. The first-order valence-electron chi connectivity index (χ1n) is 10.5. The molecule has 1 heterocycles. The van der Waals surface area contributed by atoms with Crippen LogP contribution in [-0.4, -0.2) is 15.9 Å². The van der Waals surface area contributed by atoms with Gasteiger partial charge in [-0.15, -0.1) is 11.6 Å². The van der Waals surface area contributed by atoms with E-state index in [9.17, 15) is 9.90 Å². The van der Waals surface area contributed by atoms with Crippen LogP contribution >= 0.6 is 0 Å². The number of ketones is 1. The van der Waals surface area contributed by atoms with Gasteiger partial charge in [0, 0.05) is 43.2 Å². The van der Waals surface area contributed by atoms with Crippen molar-refractivity contribution in [2.45, 2.75) is 74.1 Å². The SMILES string of the molecule is CC(C)(C)C(=O)/C=C(\O)C(C)(C)C.CC(C)(C)c1ccc(C2=[C-]C=CC=CC2)nc1.[Ir]. The molecule has 0 atom stereocenters. The molecule has 31 heavy (non-hydrogen) atoms. The summed E-state index contributed by atoms with van der Waals surface area (Å²) in [5.41, 5.74) is 2.83. The molecule has 0 spiro atoms. The fraction of sp³-hybridized carbons (Fsp3) is 0.481. The summed E-state index contributed by atoms with van der Waals surface area (Å²) in [5, 5.41) is 9.56. The molecule has 0 unspecified atom stereocenters. The van der Waals surface area contributed by atoms with Crippen LogP contribution in [0.15, 0.2) is 54.5 Å². The molecule has 0 aliphatic heterocycles. The third kappa shape index (κ3) is 10.4. The summed E-state index contributed by atoms with van der Waals surface area (Å²) in [4.78, 5) is 16.0. The van der Waals surface area contributed by atoms with Gasteiger partial charge in [0.15, 0.2) is 5.78 Å². The van der Waals surface area contributed by atoms with E-state index in [1.165, 1.54) is 11.6 Å². The number of rotatable bonds is 2. The number of aliphatic hydroxyl groups excluding tert-OH is 1. The molecule has 3 nitrogen and oxygen atoms in total. The molecule has 1 radical (unpaired) electrons. The third-order valence-corrected chi connectivity index (χ3v) is 4.64. The van der Waals surface area contributed by atoms with Crippen molar-refractivity contribution in [3.05, 3.63) is 71.8 Å². The fourth-order valence-corrected chi connectivity index (χ4v) is 2.28. The van der Waals surface area contributed by atoms with Crippen LogP contribution in [0.2, 0.25) is 0 Å². The minimum Gasteiger partial charge on any atom is -0.512 e. The largest absolute Gasteiger partial charge is 0.512 e. The number of hydrogen-bond acceptors (Lipinski definition) is 3. The van der Waals surface area contributed by atoms with E-state index < -0.39 is 5.41 Å². The Kier molecular flexibility index (Phi) is 11.1. The summed E-state index contributed by atoms with van der Waals surface area (Å²) >= 11 is 0. The summed E-state index contributed by atoms with van der Waals surface area (Å²) in [6, 6.07) is 4.26. The Labute approximate surface area is 202 Å². The maximum atomic E-state index is 11.5. The van der Waals surface area contributed by atoms with Crippen LogP contribution in [0.4, 0.5) is 0 Å². The van der Waals surface area contributed by atoms with Gasteiger partial charge in [0.1, 0.15) is 5.76 Å². The Bertz CT molecular complexity index is 837. The van der Waals surface area contributed by atoms with Gasteiger partial charge >= 0.3 is 0 Å². The number of pyridine rings is 1. The number of aliphatic hydroxyl groups is 1. The van der Waals surface area contributed by atoms with E-state index in [2.05, 4.69) is 50.0 Å². The second-order valence-electron chi connectivity index (χ2n) is 10.7. The molecule has 1 aromatic rings. The molecule has 2 rings (SSSR count). The molecule has 0 aromatic carbocycles. The Balaban J connectivity index is 0.000000586. The molecule has 1 aromatic heterocycles. The van der Waals surface area contributed by atoms with E-state index in [0.717, 1.165) is 17.7 Å². The molecule has 173 valence electrons. The molecule has 1 aliphatic rings. The molecular formula is C27H38IrNO2-. The first-order valence-corrected chi connectivity index (χ1v) is 10.5. The number of carbonyl (C=O) groups is 1. The zero-order valence-corrected chi connectivity index (χ0v) is 22.9. The summed E-state index contributed by atoms with van der Waals surface area (Å²) < 4.78 is 0. The van der Waals surface area contributed by atoms with Gasteiger partial charge in [-0.1, -0.05) is 80.5 Å². The van der Waals surface area contributed by atoms with E-state index in [0.29, 0.717) is 0 Å². The predicted molar refractivity (Wildman–Crippen MR) is 127 cm³/mol. The minimum atomic E-state index is -0.417. The van der Waals surface area contributed by atoms with Crippen LogP contribution in [0.5, 0.6) is 0 Å². The molecule has 1 aliphatic carbocycles. The van der Waals surface area contributed by atoms with E-state index in [-0.39, 0.29) is 42.5 Å². The Hall–Kier alpha value is -1.77. The fourth-order valence-electron chi connectivity index (χ4n) is 2.28. The zero-order chi connectivity index (χ0) is 23.2. The molecule has 0 saturated heterocycles. The Morgan fingerprint density at radius 3 is 2.06 bits per heavy atom. The van der Waals surface area contributed by atoms with Gasteiger partial charge in [0.2, 0.25) is 0 Å². The number of nitrogens with zero attached hydrogens (tertiary/aromatic N) is 1. The van der Waals surface area contributed by atoms with Gasteiger partial charge in [-0.3, -0.25) is 4.79 Å². The summed E-state index contributed by atoms with van der Waals surface area (Å²) in [6.45, 7) is 17.7. The van der Waals surface area contributed by atoms with Crippen LogP contribution in [0.1, 0.15) is 80.0 Å². The van der Waals surface area contributed by atoms with Crippen LogP contribution in [0, 0.1) is 16.9 Å². The average molecular weight is 601 g/mol.